The Balaban J connectivity index is 1.50. The van der Waals surface area contributed by atoms with Crippen molar-refractivity contribution in [2.24, 2.45) is 5.92 Å². The molecule has 1 atom stereocenters. The van der Waals surface area contributed by atoms with E-state index in [1.807, 2.05) is 17.0 Å². The summed E-state index contributed by atoms with van der Waals surface area (Å²) in [6.07, 6.45) is -0.647. The average Bonchev–Trinajstić information content (AvgIpc) is 2.77. The van der Waals surface area contributed by atoms with Gasteiger partial charge in [0.05, 0.1) is 17.4 Å². The summed E-state index contributed by atoms with van der Waals surface area (Å²) in [6, 6.07) is 6.37. The number of piperazine rings is 1. The van der Waals surface area contributed by atoms with Crippen molar-refractivity contribution >= 4 is 34.7 Å². The molecule has 1 saturated heterocycles. The third kappa shape index (κ3) is 6.43. The molecule has 1 aliphatic heterocycles. The number of rotatable bonds is 6. The summed E-state index contributed by atoms with van der Waals surface area (Å²) >= 11 is 5.31. The van der Waals surface area contributed by atoms with Gasteiger partial charge in [0.15, 0.2) is 5.11 Å². The Morgan fingerprint density at radius 2 is 1.61 bits per heavy atom. The zero-order chi connectivity index (χ0) is 22.4. The lowest BCUT2D eigenvalue weighted by Crippen LogP contribution is -2.47. The van der Waals surface area contributed by atoms with Gasteiger partial charge in [0.1, 0.15) is 11.6 Å². The highest BCUT2D eigenvalue weighted by Gasteiger charge is 2.31. The number of hydrogen-bond acceptors (Lipinski definition) is 5. The van der Waals surface area contributed by atoms with Gasteiger partial charge in [-0.3, -0.25) is 0 Å². The Bertz CT molecular complexity index is 849. The third-order valence-electron chi connectivity index (χ3n) is 5.32. The number of nitrogens with zero attached hydrogens (tertiary/aromatic N) is 4. The molecule has 168 valence electrons. The molecule has 0 unspecified atom stereocenters. The molecule has 0 bridgehead atoms. The fraction of sp³-hybridized carbons (Fsp3) is 0.476. The number of thiocarbonyl (C=S) groups is 1. The first-order valence-corrected chi connectivity index (χ1v) is 10.7. The maximum Gasteiger partial charge on any atom is 0.417 e. The molecule has 1 fully saturated rings. The number of nitrogens with one attached hydrogen (secondary N) is 2. The van der Waals surface area contributed by atoms with Gasteiger partial charge in [-0.2, -0.15) is 13.2 Å². The molecule has 1 aliphatic rings. The van der Waals surface area contributed by atoms with E-state index < -0.39 is 11.7 Å². The second-order valence-corrected chi connectivity index (χ2v) is 8.04. The van der Waals surface area contributed by atoms with Gasteiger partial charge >= 0.3 is 6.18 Å². The predicted molar refractivity (Wildman–Crippen MR) is 122 cm³/mol. The molecule has 0 amide bonds. The Kier molecular flexibility index (Phi) is 7.53. The van der Waals surface area contributed by atoms with E-state index in [2.05, 4.69) is 39.3 Å². The van der Waals surface area contributed by atoms with Crippen LogP contribution in [0.1, 0.15) is 25.8 Å². The molecule has 0 aliphatic carbocycles. The number of aromatic nitrogens is 2. The fourth-order valence-corrected chi connectivity index (χ4v) is 3.34. The minimum Gasteiger partial charge on any atom is -0.362 e. The van der Waals surface area contributed by atoms with Gasteiger partial charge in [-0.1, -0.05) is 20.3 Å². The second-order valence-electron chi connectivity index (χ2n) is 7.63. The summed E-state index contributed by atoms with van der Waals surface area (Å²) in [4.78, 5) is 12.6. The largest absolute Gasteiger partial charge is 0.417 e. The average molecular weight is 453 g/mol. The lowest BCUT2D eigenvalue weighted by Gasteiger charge is -2.36. The number of pyridine rings is 2. The van der Waals surface area contributed by atoms with Crippen molar-refractivity contribution in [3.8, 4) is 0 Å². The lowest BCUT2D eigenvalue weighted by atomic mass is 10.1. The summed E-state index contributed by atoms with van der Waals surface area (Å²) in [5, 5.41) is 6.91. The number of alkyl halides is 3. The van der Waals surface area contributed by atoms with Crippen LogP contribution >= 0.6 is 12.2 Å². The van der Waals surface area contributed by atoms with Crippen LogP contribution in [0.25, 0.3) is 0 Å². The van der Waals surface area contributed by atoms with Crippen LogP contribution in [0.15, 0.2) is 36.7 Å². The SMILES string of the molecule is CC[C@H](C)CNC(=S)Nc1ccc(N2CCN(c3ccc(C(F)(F)F)cn3)CC2)nc1. The predicted octanol–water partition coefficient (Wildman–Crippen LogP) is 4.15. The number of halogens is 3. The highest BCUT2D eigenvalue weighted by atomic mass is 32.1. The molecule has 6 nitrogen and oxygen atoms in total. The third-order valence-corrected chi connectivity index (χ3v) is 5.56. The zero-order valence-electron chi connectivity index (χ0n) is 17.6. The molecule has 3 rings (SSSR count). The van der Waals surface area contributed by atoms with E-state index in [1.54, 1.807) is 6.20 Å². The first-order valence-electron chi connectivity index (χ1n) is 10.3. The van der Waals surface area contributed by atoms with Crippen molar-refractivity contribution in [1.82, 2.24) is 15.3 Å². The summed E-state index contributed by atoms with van der Waals surface area (Å²) in [5.41, 5.74) is 0.0836. The monoisotopic (exact) mass is 452 g/mol. The molecular formula is C21H27F3N6S. The van der Waals surface area contributed by atoms with Crippen LogP contribution in [-0.2, 0) is 6.18 Å². The topological polar surface area (TPSA) is 56.3 Å². The zero-order valence-corrected chi connectivity index (χ0v) is 18.4. The van der Waals surface area contributed by atoms with E-state index in [4.69, 9.17) is 12.2 Å². The molecule has 10 heteroatoms. The molecule has 2 aromatic rings. The smallest absolute Gasteiger partial charge is 0.362 e. The van der Waals surface area contributed by atoms with Crippen molar-refractivity contribution in [2.75, 3.05) is 47.8 Å². The number of hydrogen-bond donors (Lipinski definition) is 2. The van der Waals surface area contributed by atoms with E-state index in [0.717, 1.165) is 36.7 Å². The van der Waals surface area contributed by atoms with E-state index in [0.29, 0.717) is 43.0 Å². The van der Waals surface area contributed by atoms with Crippen LogP contribution in [0.4, 0.5) is 30.5 Å². The molecule has 0 spiro atoms. The van der Waals surface area contributed by atoms with Gasteiger partial charge in [-0.15, -0.1) is 0 Å². The Morgan fingerprint density at radius 3 is 2.06 bits per heavy atom. The standard InChI is InChI=1S/C21H27F3N6S/c1-3-15(2)12-27-20(31)28-17-5-7-19(26-14-17)30-10-8-29(9-11-30)18-6-4-16(13-25-18)21(22,23)24/h4-7,13-15H,3,8-12H2,1-2H3,(H2,27,28,31)/t15-/m0/s1. The Hall–Kier alpha value is -2.62. The first kappa shape index (κ1) is 23.1. The van der Waals surface area contributed by atoms with Gasteiger partial charge in [0, 0.05) is 38.9 Å². The van der Waals surface area contributed by atoms with Crippen LogP contribution in [-0.4, -0.2) is 47.8 Å². The molecular weight excluding hydrogens is 425 g/mol. The van der Waals surface area contributed by atoms with Crippen molar-refractivity contribution in [2.45, 2.75) is 26.4 Å². The van der Waals surface area contributed by atoms with Crippen LogP contribution in [0.2, 0.25) is 0 Å². The Morgan fingerprint density at radius 1 is 1.03 bits per heavy atom. The van der Waals surface area contributed by atoms with Crippen molar-refractivity contribution in [1.29, 1.82) is 0 Å². The van der Waals surface area contributed by atoms with Crippen LogP contribution in [0.3, 0.4) is 0 Å². The highest BCUT2D eigenvalue weighted by molar-refractivity contribution is 7.80. The molecule has 2 N–H and O–H groups in total. The fourth-order valence-electron chi connectivity index (χ4n) is 3.14. The van der Waals surface area contributed by atoms with Crippen LogP contribution < -0.4 is 20.4 Å². The summed E-state index contributed by atoms with van der Waals surface area (Å²) in [5.74, 6) is 1.96. The summed E-state index contributed by atoms with van der Waals surface area (Å²) < 4.78 is 38.1. The van der Waals surface area contributed by atoms with Crippen LogP contribution in [0, 0.1) is 5.92 Å². The highest BCUT2D eigenvalue weighted by Crippen LogP contribution is 2.29. The first-order chi connectivity index (χ1) is 14.8. The van der Waals surface area contributed by atoms with Crippen LogP contribution in [0.5, 0.6) is 0 Å². The van der Waals surface area contributed by atoms with E-state index in [9.17, 15) is 13.2 Å². The summed E-state index contributed by atoms with van der Waals surface area (Å²) in [6.45, 7) is 7.86. The van der Waals surface area contributed by atoms with Gasteiger partial charge < -0.3 is 20.4 Å². The number of anilines is 3. The molecule has 3 heterocycles. The normalized spacial score (nSPS) is 15.5. The summed E-state index contributed by atoms with van der Waals surface area (Å²) in [7, 11) is 0. The maximum atomic E-state index is 12.7. The Labute approximate surface area is 185 Å². The molecule has 0 saturated carbocycles. The van der Waals surface area contributed by atoms with Gasteiger partial charge in [-0.05, 0) is 42.4 Å². The van der Waals surface area contributed by atoms with E-state index in [-0.39, 0.29) is 0 Å². The minimum absolute atomic E-state index is 0.552. The van der Waals surface area contributed by atoms with Crippen molar-refractivity contribution < 1.29 is 13.2 Å². The molecule has 2 aromatic heterocycles. The minimum atomic E-state index is -4.37. The molecule has 0 aromatic carbocycles. The molecule has 0 radical (unpaired) electrons. The lowest BCUT2D eigenvalue weighted by molar-refractivity contribution is -0.137. The van der Waals surface area contributed by atoms with Gasteiger partial charge in [-0.25, -0.2) is 9.97 Å². The quantitative estimate of drug-likeness (QED) is 0.639. The molecule has 31 heavy (non-hydrogen) atoms. The van der Waals surface area contributed by atoms with Gasteiger partial charge in [0.25, 0.3) is 0 Å². The maximum absolute atomic E-state index is 12.7. The van der Waals surface area contributed by atoms with Crippen molar-refractivity contribution in [3.63, 3.8) is 0 Å². The van der Waals surface area contributed by atoms with Crippen molar-refractivity contribution in [3.05, 3.63) is 42.2 Å². The van der Waals surface area contributed by atoms with Gasteiger partial charge in [0.2, 0.25) is 0 Å². The second kappa shape index (κ2) is 10.1. The van der Waals surface area contributed by atoms with E-state index in [1.165, 1.54) is 6.07 Å². The van der Waals surface area contributed by atoms with E-state index >= 15 is 0 Å².